The number of aliphatic hydroxyl groups excluding tert-OH is 1. The fraction of sp³-hybridized carbons (Fsp3) is 0.700. The summed E-state index contributed by atoms with van der Waals surface area (Å²) in [7, 11) is 1.86. The number of carbonyl (C=O) groups excluding carboxylic acids is 1. The zero-order valence-corrected chi connectivity index (χ0v) is 14.6. The van der Waals surface area contributed by atoms with Gasteiger partial charge in [-0.2, -0.15) is 0 Å². The Balaban J connectivity index is 0.00000400. The predicted molar refractivity (Wildman–Crippen MR) is 75.2 cm³/mol. The highest BCUT2D eigenvalue weighted by Gasteiger charge is 2.27. The van der Waals surface area contributed by atoms with E-state index < -0.39 is 21.7 Å². The Morgan fingerprint density at radius 2 is 1.95 bits per heavy atom. The number of amides is 1. The van der Waals surface area contributed by atoms with Crippen molar-refractivity contribution < 1.29 is 35.2 Å². The molecule has 0 aliphatic carbocycles. The number of carbonyl (C=O) groups is 1. The normalized spacial score (nSPS) is 13.4. The standard InChI is InChI=1S/C10H18N4O4S2.ClH/c1-7(15)11-9-12-13-10(19-9)20(17,18)6-8(16)5-14(2,3)4;/h8,16H,5-6H2,1-4H3;1H. The third kappa shape index (κ3) is 7.14. The number of sulfone groups is 1. The number of likely N-dealkylation sites (N-methyl/N-ethyl adjacent to an activating group) is 1. The van der Waals surface area contributed by atoms with Gasteiger partial charge in [-0.1, -0.05) is 11.3 Å². The van der Waals surface area contributed by atoms with Crippen LogP contribution in [0, 0.1) is 0 Å². The van der Waals surface area contributed by atoms with E-state index in [0.717, 1.165) is 11.3 Å². The average Bonchev–Trinajstić information content (AvgIpc) is 2.61. The molecule has 1 heterocycles. The molecule has 0 spiro atoms. The molecule has 1 atom stereocenters. The Labute approximate surface area is 134 Å². The molecule has 1 unspecified atom stereocenters. The lowest BCUT2D eigenvalue weighted by atomic mass is 10.3. The summed E-state index contributed by atoms with van der Waals surface area (Å²) in [6.07, 6.45) is -0.992. The monoisotopic (exact) mass is 358 g/mol. The summed E-state index contributed by atoms with van der Waals surface area (Å²) in [5.74, 6) is -0.771. The van der Waals surface area contributed by atoms with E-state index in [-0.39, 0.29) is 27.8 Å². The highest BCUT2D eigenvalue weighted by Crippen LogP contribution is 2.21. The van der Waals surface area contributed by atoms with Crippen molar-refractivity contribution in [1.29, 1.82) is 0 Å². The average molecular weight is 359 g/mol. The zero-order chi connectivity index (χ0) is 15.6. The van der Waals surface area contributed by atoms with Gasteiger partial charge in [0, 0.05) is 6.92 Å². The zero-order valence-electron chi connectivity index (χ0n) is 12.2. The second-order valence-electron chi connectivity index (χ2n) is 5.46. The number of halogens is 1. The molecular weight excluding hydrogens is 340 g/mol. The lowest BCUT2D eigenvalue weighted by molar-refractivity contribution is -0.873. The van der Waals surface area contributed by atoms with E-state index in [2.05, 4.69) is 15.5 Å². The number of nitrogens with zero attached hydrogens (tertiary/aromatic N) is 3. The molecule has 11 heteroatoms. The molecule has 0 aliphatic heterocycles. The molecule has 0 saturated heterocycles. The van der Waals surface area contributed by atoms with E-state index in [4.69, 9.17) is 0 Å². The summed E-state index contributed by atoms with van der Waals surface area (Å²) in [5.41, 5.74) is 0. The maximum absolute atomic E-state index is 12.1. The molecule has 2 N–H and O–H groups in total. The van der Waals surface area contributed by atoms with Gasteiger partial charge in [-0.25, -0.2) is 8.42 Å². The smallest absolute Gasteiger partial charge is 0.234 e. The number of aliphatic hydroxyl groups is 1. The summed E-state index contributed by atoms with van der Waals surface area (Å²) in [4.78, 5) is 10.8. The van der Waals surface area contributed by atoms with Crippen molar-refractivity contribution in [3.8, 4) is 0 Å². The number of quaternary nitrogens is 1. The Morgan fingerprint density at radius 1 is 1.38 bits per heavy atom. The molecule has 0 radical (unpaired) electrons. The fourth-order valence-electron chi connectivity index (χ4n) is 1.55. The first kappa shape index (κ1) is 20.2. The van der Waals surface area contributed by atoms with Crippen molar-refractivity contribution in [1.82, 2.24) is 10.2 Å². The molecule has 0 aromatic carbocycles. The van der Waals surface area contributed by atoms with Crippen LogP contribution in [-0.2, 0) is 14.6 Å². The van der Waals surface area contributed by atoms with Gasteiger partial charge in [0.15, 0.2) is 0 Å². The van der Waals surface area contributed by atoms with Gasteiger partial charge >= 0.3 is 0 Å². The molecule has 0 fully saturated rings. The van der Waals surface area contributed by atoms with Crippen LogP contribution in [0.25, 0.3) is 0 Å². The van der Waals surface area contributed by atoms with Crippen molar-refractivity contribution in [2.24, 2.45) is 0 Å². The van der Waals surface area contributed by atoms with Crippen molar-refractivity contribution >= 4 is 32.2 Å². The third-order valence-electron chi connectivity index (χ3n) is 2.13. The number of hydrogen-bond donors (Lipinski definition) is 2. The molecule has 0 saturated carbocycles. The van der Waals surface area contributed by atoms with Crippen LogP contribution in [0.15, 0.2) is 4.34 Å². The van der Waals surface area contributed by atoms with Crippen molar-refractivity contribution in [2.75, 3.05) is 38.8 Å². The number of nitrogens with one attached hydrogen (secondary N) is 1. The molecular formula is C10H19ClN4O4S2. The molecule has 0 bridgehead atoms. The topological polar surface area (TPSA) is 109 Å². The Kier molecular flexibility index (Phi) is 7.16. The van der Waals surface area contributed by atoms with Crippen LogP contribution in [0.4, 0.5) is 5.13 Å². The van der Waals surface area contributed by atoms with Crippen molar-refractivity contribution in [3.05, 3.63) is 0 Å². The highest BCUT2D eigenvalue weighted by molar-refractivity contribution is 7.93. The van der Waals surface area contributed by atoms with E-state index in [1.54, 1.807) is 0 Å². The largest absolute Gasteiger partial charge is 1.00 e. The predicted octanol–water partition coefficient (Wildman–Crippen LogP) is -3.66. The fourth-order valence-corrected chi connectivity index (χ4v) is 3.94. The van der Waals surface area contributed by atoms with Crippen LogP contribution >= 0.6 is 11.3 Å². The lowest BCUT2D eigenvalue weighted by Crippen LogP contribution is -3.00. The van der Waals surface area contributed by atoms with Crippen LogP contribution in [0.5, 0.6) is 0 Å². The van der Waals surface area contributed by atoms with Crippen LogP contribution in [-0.4, -0.2) is 73.7 Å². The van der Waals surface area contributed by atoms with Crippen molar-refractivity contribution in [3.63, 3.8) is 0 Å². The molecule has 1 aromatic heterocycles. The number of aromatic nitrogens is 2. The first-order valence-electron chi connectivity index (χ1n) is 5.82. The van der Waals surface area contributed by atoms with Gasteiger partial charge in [0.05, 0.1) is 26.9 Å². The van der Waals surface area contributed by atoms with E-state index in [0.29, 0.717) is 11.0 Å². The van der Waals surface area contributed by atoms with Gasteiger partial charge in [-0.05, 0) is 0 Å². The van der Waals surface area contributed by atoms with Crippen LogP contribution in [0.2, 0.25) is 0 Å². The maximum Gasteiger partial charge on any atom is 0.234 e. The van der Waals surface area contributed by atoms with Gasteiger partial charge in [0.1, 0.15) is 12.6 Å². The second-order valence-corrected chi connectivity index (χ2v) is 8.65. The molecule has 1 rings (SSSR count). The van der Waals surface area contributed by atoms with Gasteiger partial charge in [0.25, 0.3) is 0 Å². The molecule has 8 nitrogen and oxygen atoms in total. The lowest BCUT2D eigenvalue weighted by Gasteiger charge is -2.26. The highest BCUT2D eigenvalue weighted by atomic mass is 35.5. The summed E-state index contributed by atoms with van der Waals surface area (Å²) in [6, 6.07) is 0. The minimum Gasteiger partial charge on any atom is -1.00 e. The van der Waals surface area contributed by atoms with E-state index in [9.17, 15) is 18.3 Å². The van der Waals surface area contributed by atoms with Gasteiger partial charge in [0.2, 0.25) is 25.2 Å². The van der Waals surface area contributed by atoms with E-state index >= 15 is 0 Å². The first-order chi connectivity index (χ1) is 8.99. The number of rotatable bonds is 6. The van der Waals surface area contributed by atoms with Crippen LogP contribution in [0.3, 0.4) is 0 Å². The molecule has 1 aromatic rings. The molecule has 1 amide bonds. The SMILES string of the molecule is CC(=O)Nc1nnc(S(=O)(=O)CC(O)C[N+](C)(C)C)s1.[Cl-]. The Bertz CT molecular complexity index is 582. The van der Waals surface area contributed by atoms with Crippen LogP contribution < -0.4 is 17.7 Å². The summed E-state index contributed by atoms with van der Waals surface area (Å²) >= 11 is 0.770. The quantitative estimate of drug-likeness (QED) is 0.401. The maximum atomic E-state index is 12.1. The second kappa shape index (κ2) is 7.45. The first-order valence-corrected chi connectivity index (χ1v) is 8.29. The Hall–Kier alpha value is -0.810. The Morgan fingerprint density at radius 3 is 2.43 bits per heavy atom. The minimum absolute atomic E-state index is 0. The summed E-state index contributed by atoms with van der Waals surface area (Å²) in [6.45, 7) is 1.59. The van der Waals surface area contributed by atoms with E-state index in [1.807, 2.05) is 21.1 Å². The molecule has 0 aliphatic rings. The minimum atomic E-state index is -3.71. The van der Waals surface area contributed by atoms with Crippen LogP contribution in [0.1, 0.15) is 6.92 Å². The number of anilines is 1. The van der Waals surface area contributed by atoms with Gasteiger partial charge < -0.3 is 27.3 Å². The summed E-state index contributed by atoms with van der Waals surface area (Å²) < 4.78 is 24.4. The molecule has 21 heavy (non-hydrogen) atoms. The summed E-state index contributed by atoms with van der Waals surface area (Å²) in [5, 5.41) is 19.4. The number of hydrogen-bond acceptors (Lipinski definition) is 7. The molecule has 122 valence electrons. The van der Waals surface area contributed by atoms with E-state index in [1.165, 1.54) is 6.92 Å². The third-order valence-corrected chi connectivity index (χ3v) is 5.21. The van der Waals surface area contributed by atoms with Crippen molar-refractivity contribution in [2.45, 2.75) is 17.4 Å². The van der Waals surface area contributed by atoms with Gasteiger partial charge in [-0.15, -0.1) is 10.2 Å². The van der Waals surface area contributed by atoms with Gasteiger partial charge in [-0.3, -0.25) is 4.79 Å².